The highest BCUT2D eigenvalue weighted by Gasteiger charge is 2.45. The topological polar surface area (TPSA) is 39.2 Å². The van der Waals surface area contributed by atoms with Gasteiger partial charge in [-0.25, -0.2) is 0 Å². The van der Waals surface area contributed by atoms with Gasteiger partial charge in [-0.1, -0.05) is 77.8 Å². The number of hydrogen-bond acceptors (Lipinski definition) is 4. The summed E-state index contributed by atoms with van der Waals surface area (Å²) in [7, 11) is 0. The minimum atomic E-state index is -0.671. The summed E-state index contributed by atoms with van der Waals surface area (Å²) >= 11 is 15.0. The number of carbonyl (C=O) groups is 1. The second-order valence-corrected chi connectivity index (χ2v) is 10.6. The van der Waals surface area contributed by atoms with E-state index in [0.717, 1.165) is 22.4 Å². The predicted molar refractivity (Wildman–Crippen MR) is 143 cm³/mol. The fourth-order valence-corrected chi connectivity index (χ4v) is 5.82. The third-order valence-corrected chi connectivity index (χ3v) is 8.31. The lowest BCUT2D eigenvalue weighted by molar-refractivity contribution is 0.0915. The van der Waals surface area contributed by atoms with Gasteiger partial charge >= 0.3 is 0 Å². The van der Waals surface area contributed by atoms with Crippen LogP contribution in [0.1, 0.15) is 39.5 Å². The number of Topliss-reactive ketones (excluding diaryl/α,β-unsaturated/α-hetero) is 1. The number of ether oxygens (including phenoxy) is 1. The summed E-state index contributed by atoms with van der Waals surface area (Å²) in [5.41, 5.74) is 3.91. The van der Waals surface area contributed by atoms with Gasteiger partial charge in [0.05, 0.1) is 10.4 Å². The Hall–Kier alpha value is -2.79. The molecule has 0 amide bonds. The summed E-state index contributed by atoms with van der Waals surface area (Å²) in [6, 6.07) is 24.0. The minimum absolute atomic E-state index is 0.00320. The summed E-state index contributed by atoms with van der Waals surface area (Å²) in [5.74, 6) is 1.34. The Bertz CT molecular complexity index is 1380. The van der Waals surface area contributed by atoms with Gasteiger partial charge in [-0.15, -0.1) is 11.8 Å². The fraction of sp³-hybridized carbons (Fsp3) is 0.172. The fourth-order valence-electron chi connectivity index (χ4n) is 4.49. The first-order valence-corrected chi connectivity index (χ1v) is 13.0. The maximum absolute atomic E-state index is 13.4. The molecule has 1 heterocycles. The number of ketones is 1. The van der Waals surface area contributed by atoms with Crippen LogP contribution < -0.4 is 4.74 Å². The molecule has 4 aromatic rings. The van der Waals surface area contributed by atoms with E-state index in [4.69, 9.17) is 27.9 Å². The average Bonchev–Trinajstić information content (AvgIpc) is 3.16. The molecule has 0 radical (unpaired) electrons. The summed E-state index contributed by atoms with van der Waals surface area (Å²) in [6.45, 7) is 2.32. The third-order valence-electron chi connectivity index (χ3n) is 6.38. The zero-order chi connectivity index (χ0) is 24.4. The molecule has 0 N–H and O–H groups in total. The lowest BCUT2D eigenvalue weighted by atomic mass is 9.79. The number of pyridine rings is 1. The molecule has 0 spiro atoms. The van der Waals surface area contributed by atoms with Crippen molar-refractivity contribution in [3.05, 3.63) is 123 Å². The monoisotopic (exact) mass is 519 g/mol. The van der Waals surface area contributed by atoms with Crippen LogP contribution in [0.4, 0.5) is 0 Å². The highest BCUT2D eigenvalue weighted by molar-refractivity contribution is 7.98. The number of rotatable bonds is 7. The van der Waals surface area contributed by atoms with E-state index in [0.29, 0.717) is 24.3 Å². The molecule has 6 heteroatoms. The molecular weight excluding hydrogens is 497 g/mol. The summed E-state index contributed by atoms with van der Waals surface area (Å²) in [5, 5.41) is 0.548. The second-order valence-electron chi connectivity index (χ2n) is 8.82. The molecular formula is C29H23Cl2NO2S. The van der Waals surface area contributed by atoms with Crippen LogP contribution in [0, 0.1) is 0 Å². The lowest BCUT2D eigenvalue weighted by Gasteiger charge is -2.22. The van der Waals surface area contributed by atoms with Crippen LogP contribution in [-0.4, -0.2) is 10.8 Å². The van der Waals surface area contributed by atoms with Gasteiger partial charge in [0.1, 0.15) is 17.4 Å². The van der Waals surface area contributed by atoms with E-state index in [1.165, 1.54) is 10.5 Å². The molecule has 0 saturated carbocycles. The average molecular weight is 520 g/mol. The van der Waals surface area contributed by atoms with E-state index < -0.39 is 5.41 Å². The normalized spacial score (nSPS) is 16.8. The van der Waals surface area contributed by atoms with Gasteiger partial charge in [-0.3, -0.25) is 9.78 Å². The molecule has 176 valence electrons. The number of benzene rings is 3. The van der Waals surface area contributed by atoms with Crippen molar-refractivity contribution in [1.29, 1.82) is 0 Å². The van der Waals surface area contributed by atoms with Crippen LogP contribution >= 0.6 is 35.0 Å². The largest absolute Gasteiger partial charge is 0.487 e. The van der Waals surface area contributed by atoms with E-state index in [2.05, 4.69) is 17.1 Å². The first kappa shape index (κ1) is 23.9. The van der Waals surface area contributed by atoms with Crippen LogP contribution in [0.3, 0.4) is 0 Å². The SMILES string of the molecule is CC1(c2ccccc2)Cc2cc(OCc3cccc(CSc4ccncc4)c3)c(Cl)c(Cl)c2C1=O. The Morgan fingerprint density at radius 3 is 2.46 bits per heavy atom. The van der Waals surface area contributed by atoms with Crippen LogP contribution in [-0.2, 0) is 24.2 Å². The van der Waals surface area contributed by atoms with Crippen LogP contribution in [0.15, 0.2) is 90.1 Å². The first-order chi connectivity index (χ1) is 17.0. The van der Waals surface area contributed by atoms with Crippen molar-refractivity contribution in [2.45, 2.75) is 36.0 Å². The number of aromatic nitrogens is 1. The summed E-state index contributed by atoms with van der Waals surface area (Å²) < 4.78 is 6.11. The standard InChI is InChI=1S/C29H23Cl2NO2S/c1-29(22-8-3-2-4-9-22)16-21-15-24(26(30)27(31)25(21)28(29)33)34-17-19-6-5-7-20(14-19)18-35-23-10-12-32-13-11-23/h2-15H,16-18H2,1H3. The van der Waals surface area contributed by atoms with Crippen molar-refractivity contribution in [3.63, 3.8) is 0 Å². The number of nitrogens with zero attached hydrogens (tertiary/aromatic N) is 1. The van der Waals surface area contributed by atoms with Gasteiger partial charge < -0.3 is 4.74 Å². The molecule has 1 aliphatic carbocycles. The molecule has 1 aliphatic rings. The van der Waals surface area contributed by atoms with Gasteiger partial charge in [0, 0.05) is 28.6 Å². The Labute approximate surface area is 219 Å². The van der Waals surface area contributed by atoms with Gasteiger partial charge in [-0.05, 0) is 53.8 Å². The molecule has 5 rings (SSSR count). The van der Waals surface area contributed by atoms with Crippen molar-refractivity contribution in [2.75, 3.05) is 0 Å². The molecule has 1 unspecified atom stereocenters. The van der Waals surface area contributed by atoms with Crippen LogP contribution in [0.25, 0.3) is 0 Å². The van der Waals surface area contributed by atoms with Gasteiger partial charge in [0.25, 0.3) is 0 Å². The van der Waals surface area contributed by atoms with Gasteiger partial charge in [-0.2, -0.15) is 0 Å². The van der Waals surface area contributed by atoms with Gasteiger partial charge in [0.15, 0.2) is 5.78 Å². The third kappa shape index (κ3) is 4.84. The molecule has 3 nitrogen and oxygen atoms in total. The summed E-state index contributed by atoms with van der Waals surface area (Å²) in [6.07, 6.45) is 4.16. The highest BCUT2D eigenvalue weighted by Crippen LogP contribution is 2.47. The van der Waals surface area contributed by atoms with Crippen molar-refractivity contribution in [3.8, 4) is 5.75 Å². The van der Waals surface area contributed by atoms with E-state index in [-0.39, 0.29) is 15.8 Å². The number of carbonyl (C=O) groups excluding carboxylic acids is 1. The molecule has 0 bridgehead atoms. The Balaban J connectivity index is 1.33. The Kier molecular flexibility index (Phi) is 6.88. The molecule has 0 aliphatic heterocycles. The molecule has 1 atom stereocenters. The van der Waals surface area contributed by atoms with Crippen LogP contribution in [0.2, 0.25) is 10.0 Å². The number of hydrogen-bond donors (Lipinski definition) is 0. The van der Waals surface area contributed by atoms with E-state index in [1.54, 1.807) is 24.2 Å². The molecule has 1 aromatic heterocycles. The highest BCUT2D eigenvalue weighted by atomic mass is 35.5. The van der Waals surface area contributed by atoms with Crippen molar-refractivity contribution < 1.29 is 9.53 Å². The molecule has 0 saturated heterocycles. The van der Waals surface area contributed by atoms with E-state index in [1.807, 2.05) is 67.6 Å². The number of halogens is 2. The van der Waals surface area contributed by atoms with Gasteiger partial charge in [0.2, 0.25) is 0 Å². The van der Waals surface area contributed by atoms with Crippen LogP contribution in [0.5, 0.6) is 5.75 Å². The first-order valence-electron chi connectivity index (χ1n) is 11.3. The summed E-state index contributed by atoms with van der Waals surface area (Å²) in [4.78, 5) is 18.6. The Morgan fingerprint density at radius 2 is 1.69 bits per heavy atom. The van der Waals surface area contributed by atoms with Crippen molar-refractivity contribution in [2.24, 2.45) is 0 Å². The number of thioether (sulfide) groups is 1. The quantitative estimate of drug-likeness (QED) is 0.232. The zero-order valence-corrected chi connectivity index (χ0v) is 21.5. The second kappa shape index (κ2) is 10.1. The van der Waals surface area contributed by atoms with Crippen molar-refractivity contribution >= 4 is 40.7 Å². The zero-order valence-electron chi connectivity index (χ0n) is 19.1. The lowest BCUT2D eigenvalue weighted by Crippen LogP contribution is -2.29. The maximum Gasteiger partial charge on any atom is 0.175 e. The molecule has 3 aromatic carbocycles. The van der Waals surface area contributed by atoms with E-state index >= 15 is 0 Å². The number of fused-ring (bicyclic) bond motifs is 1. The van der Waals surface area contributed by atoms with E-state index in [9.17, 15) is 4.79 Å². The van der Waals surface area contributed by atoms with Crippen molar-refractivity contribution in [1.82, 2.24) is 4.98 Å². The molecule has 0 fully saturated rings. The smallest absolute Gasteiger partial charge is 0.175 e. The Morgan fingerprint density at radius 1 is 0.943 bits per heavy atom. The molecule has 35 heavy (non-hydrogen) atoms. The maximum atomic E-state index is 13.4. The minimum Gasteiger partial charge on any atom is -0.487 e. The predicted octanol–water partition coefficient (Wildman–Crippen LogP) is 7.96.